The summed E-state index contributed by atoms with van der Waals surface area (Å²) < 4.78 is 0. The van der Waals surface area contributed by atoms with Crippen molar-refractivity contribution in [3.8, 4) is 5.75 Å². The van der Waals surface area contributed by atoms with E-state index in [0.717, 1.165) is 4.90 Å². The highest BCUT2D eigenvalue weighted by Crippen LogP contribution is 2.29. The van der Waals surface area contributed by atoms with E-state index in [0.29, 0.717) is 18.5 Å². The number of thioether (sulfide) groups is 1. The molecule has 0 aliphatic rings. The van der Waals surface area contributed by atoms with Crippen molar-refractivity contribution >= 4 is 11.8 Å². The van der Waals surface area contributed by atoms with Gasteiger partial charge in [0.1, 0.15) is 5.75 Å². The maximum absolute atomic E-state index is 9.67. The smallest absolute Gasteiger partial charge is 0.121 e. The Hall–Kier alpha value is -0.710. The summed E-state index contributed by atoms with van der Waals surface area (Å²) in [5.74, 6) is 0.128. The molecule has 0 bridgehead atoms. The van der Waals surface area contributed by atoms with Crippen LogP contribution in [0.4, 0.5) is 0 Å². The Kier molecular flexibility index (Phi) is 4.25. The number of benzene rings is 1. The van der Waals surface area contributed by atoms with E-state index in [4.69, 9.17) is 5.73 Å². The molecule has 0 saturated carbocycles. The summed E-state index contributed by atoms with van der Waals surface area (Å²) in [7, 11) is 0. The number of phenolic OH excluding ortho intramolecular Hbond substituents is 1. The van der Waals surface area contributed by atoms with Crippen molar-refractivity contribution in [1.29, 1.82) is 0 Å². The first-order valence-corrected chi connectivity index (χ1v) is 5.66. The maximum atomic E-state index is 9.67. The monoisotopic (exact) mass is 213 g/mol. The van der Waals surface area contributed by atoms with Gasteiger partial charge >= 0.3 is 0 Å². The van der Waals surface area contributed by atoms with Crippen LogP contribution in [0.1, 0.15) is 18.1 Å². The van der Waals surface area contributed by atoms with Gasteiger partial charge in [0.25, 0.3) is 0 Å². The number of hydrogen-bond acceptors (Lipinski definition) is 4. The number of aromatic hydroxyl groups is 1. The molecule has 1 aromatic carbocycles. The van der Waals surface area contributed by atoms with E-state index in [1.807, 2.05) is 12.3 Å². The standard InChI is InChI=1S/C10H15NO2S/c1-14-7-2-3-9(12)8(6-7)10(13)4-5-11/h2-3,6,10,12-13H,4-5,11H2,1H3. The Morgan fingerprint density at radius 2 is 2.21 bits per heavy atom. The van der Waals surface area contributed by atoms with Crippen LogP contribution in [0.15, 0.2) is 23.1 Å². The summed E-state index contributed by atoms with van der Waals surface area (Å²) in [6, 6.07) is 5.21. The minimum atomic E-state index is -0.674. The molecule has 78 valence electrons. The Morgan fingerprint density at radius 1 is 1.50 bits per heavy atom. The molecule has 14 heavy (non-hydrogen) atoms. The molecule has 0 heterocycles. The van der Waals surface area contributed by atoms with Gasteiger partial charge < -0.3 is 15.9 Å². The van der Waals surface area contributed by atoms with Crippen molar-refractivity contribution in [2.75, 3.05) is 12.8 Å². The molecule has 1 unspecified atom stereocenters. The normalized spacial score (nSPS) is 12.8. The van der Waals surface area contributed by atoms with Gasteiger partial charge in [0.2, 0.25) is 0 Å². The van der Waals surface area contributed by atoms with Gasteiger partial charge in [-0.15, -0.1) is 11.8 Å². The van der Waals surface area contributed by atoms with Gasteiger partial charge in [-0.3, -0.25) is 0 Å². The van der Waals surface area contributed by atoms with E-state index in [1.165, 1.54) is 0 Å². The average Bonchev–Trinajstić information content (AvgIpc) is 2.19. The summed E-state index contributed by atoms with van der Waals surface area (Å²) in [5.41, 5.74) is 5.90. The molecule has 0 radical (unpaired) electrons. The predicted octanol–water partition coefficient (Wildman–Crippen LogP) is 1.50. The maximum Gasteiger partial charge on any atom is 0.121 e. The van der Waals surface area contributed by atoms with Crippen molar-refractivity contribution in [3.05, 3.63) is 23.8 Å². The molecule has 0 spiro atoms. The number of hydrogen-bond donors (Lipinski definition) is 3. The first-order valence-electron chi connectivity index (χ1n) is 4.44. The van der Waals surface area contributed by atoms with Crippen LogP contribution >= 0.6 is 11.8 Å². The van der Waals surface area contributed by atoms with E-state index in [-0.39, 0.29) is 5.75 Å². The van der Waals surface area contributed by atoms with Gasteiger partial charge in [-0.25, -0.2) is 0 Å². The summed E-state index contributed by atoms with van der Waals surface area (Å²) in [4.78, 5) is 1.02. The van der Waals surface area contributed by atoms with Crippen LogP contribution in [-0.2, 0) is 0 Å². The fourth-order valence-corrected chi connectivity index (χ4v) is 1.69. The first kappa shape index (κ1) is 11.4. The molecule has 0 fully saturated rings. The van der Waals surface area contributed by atoms with E-state index in [9.17, 15) is 10.2 Å². The molecule has 1 rings (SSSR count). The Labute approximate surface area is 87.9 Å². The highest BCUT2D eigenvalue weighted by atomic mass is 32.2. The number of phenols is 1. The van der Waals surface area contributed by atoms with Gasteiger partial charge in [0.05, 0.1) is 6.10 Å². The van der Waals surface area contributed by atoms with Crippen LogP contribution in [0.3, 0.4) is 0 Å². The van der Waals surface area contributed by atoms with Crippen molar-refractivity contribution in [2.24, 2.45) is 5.73 Å². The van der Waals surface area contributed by atoms with E-state index >= 15 is 0 Å². The van der Waals surface area contributed by atoms with Crippen LogP contribution in [0.5, 0.6) is 5.75 Å². The fraction of sp³-hybridized carbons (Fsp3) is 0.400. The zero-order chi connectivity index (χ0) is 10.6. The Morgan fingerprint density at radius 3 is 2.79 bits per heavy atom. The van der Waals surface area contributed by atoms with Crippen molar-refractivity contribution < 1.29 is 10.2 Å². The highest BCUT2D eigenvalue weighted by Gasteiger charge is 2.11. The zero-order valence-electron chi connectivity index (χ0n) is 8.10. The zero-order valence-corrected chi connectivity index (χ0v) is 8.92. The lowest BCUT2D eigenvalue weighted by atomic mass is 10.1. The van der Waals surface area contributed by atoms with E-state index in [1.54, 1.807) is 23.9 Å². The van der Waals surface area contributed by atoms with E-state index in [2.05, 4.69) is 0 Å². The molecule has 0 aliphatic carbocycles. The molecule has 1 aromatic rings. The third-order valence-electron chi connectivity index (χ3n) is 2.03. The van der Waals surface area contributed by atoms with Crippen molar-refractivity contribution in [2.45, 2.75) is 17.4 Å². The summed E-state index contributed by atoms with van der Waals surface area (Å²) in [5, 5.41) is 19.2. The van der Waals surface area contributed by atoms with Crippen molar-refractivity contribution in [1.82, 2.24) is 0 Å². The highest BCUT2D eigenvalue weighted by molar-refractivity contribution is 7.98. The molecular formula is C10H15NO2S. The lowest BCUT2D eigenvalue weighted by molar-refractivity contribution is 0.166. The largest absolute Gasteiger partial charge is 0.508 e. The number of rotatable bonds is 4. The quantitative estimate of drug-likeness (QED) is 0.663. The topological polar surface area (TPSA) is 66.5 Å². The fourth-order valence-electron chi connectivity index (χ4n) is 1.24. The second-order valence-corrected chi connectivity index (χ2v) is 3.90. The number of aliphatic hydroxyl groups is 1. The molecule has 3 nitrogen and oxygen atoms in total. The Balaban J connectivity index is 2.93. The Bertz CT molecular complexity index is 304. The van der Waals surface area contributed by atoms with Crippen LogP contribution in [0.2, 0.25) is 0 Å². The summed E-state index contributed by atoms with van der Waals surface area (Å²) >= 11 is 1.57. The molecule has 1 atom stereocenters. The molecule has 0 aromatic heterocycles. The number of aliphatic hydroxyl groups excluding tert-OH is 1. The van der Waals surface area contributed by atoms with Gasteiger partial charge in [-0.2, -0.15) is 0 Å². The minimum Gasteiger partial charge on any atom is -0.508 e. The molecule has 0 aliphatic heterocycles. The third kappa shape index (κ3) is 2.64. The minimum absolute atomic E-state index is 0.128. The van der Waals surface area contributed by atoms with E-state index < -0.39 is 6.10 Å². The van der Waals surface area contributed by atoms with Gasteiger partial charge in [0.15, 0.2) is 0 Å². The average molecular weight is 213 g/mol. The lowest BCUT2D eigenvalue weighted by Gasteiger charge is -2.12. The second kappa shape index (κ2) is 5.24. The summed E-state index contributed by atoms with van der Waals surface area (Å²) in [6.07, 6.45) is 1.74. The van der Waals surface area contributed by atoms with Gasteiger partial charge in [0, 0.05) is 10.5 Å². The van der Waals surface area contributed by atoms with Crippen LogP contribution < -0.4 is 5.73 Å². The van der Waals surface area contributed by atoms with Gasteiger partial charge in [-0.05, 0) is 37.4 Å². The first-order chi connectivity index (χ1) is 6.69. The van der Waals surface area contributed by atoms with Crippen LogP contribution in [0, 0.1) is 0 Å². The lowest BCUT2D eigenvalue weighted by Crippen LogP contribution is -2.06. The number of nitrogens with two attached hydrogens (primary N) is 1. The SMILES string of the molecule is CSc1ccc(O)c(C(O)CCN)c1. The van der Waals surface area contributed by atoms with Crippen molar-refractivity contribution in [3.63, 3.8) is 0 Å². The molecular weight excluding hydrogens is 198 g/mol. The molecule has 4 heteroatoms. The van der Waals surface area contributed by atoms with Crippen LogP contribution in [-0.4, -0.2) is 23.0 Å². The third-order valence-corrected chi connectivity index (χ3v) is 2.76. The second-order valence-electron chi connectivity index (χ2n) is 3.02. The predicted molar refractivity (Wildman–Crippen MR) is 58.5 cm³/mol. The molecule has 4 N–H and O–H groups in total. The van der Waals surface area contributed by atoms with Gasteiger partial charge in [-0.1, -0.05) is 0 Å². The molecule has 0 saturated heterocycles. The molecule has 0 amide bonds. The summed E-state index contributed by atoms with van der Waals surface area (Å²) in [6.45, 7) is 0.407. The van der Waals surface area contributed by atoms with Crippen LogP contribution in [0.25, 0.3) is 0 Å².